The van der Waals surface area contributed by atoms with Crippen LogP contribution in [-0.2, 0) is 21.8 Å². The molecule has 1 aliphatic rings. The van der Waals surface area contributed by atoms with E-state index in [-0.39, 0.29) is 22.8 Å². The average Bonchev–Trinajstić information content (AvgIpc) is 3.36. The summed E-state index contributed by atoms with van der Waals surface area (Å²) in [6.45, 7) is 7.86. The molecule has 0 amide bonds. The summed E-state index contributed by atoms with van der Waals surface area (Å²) in [5, 5.41) is 1.08. The number of rotatable bonds is 11. The Kier molecular flexibility index (Phi) is 8.79. The lowest BCUT2D eigenvalue weighted by atomic mass is 9.94. The summed E-state index contributed by atoms with van der Waals surface area (Å²) in [6.07, 6.45) is 0. The van der Waals surface area contributed by atoms with Gasteiger partial charge in [0.15, 0.2) is 5.78 Å². The fourth-order valence-electron chi connectivity index (χ4n) is 5.21. The zero-order chi connectivity index (χ0) is 29.9. The largest absolute Gasteiger partial charge is 0.496 e. The van der Waals surface area contributed by atoms with Crippen molar-refractivity contribution in [3.05, 3.63) is 84.4 Å². The quantitative estimate of drug-likeness (QED) is 0.205. The smallest absolute Gasteiger partial charge is 0.240 e. The third kappa shape index (κ3) is 5.98. The van der Waals surface area contributed by atoms with Gasteiger partial charge in [-0.15, -0.1) is 0 Å². The number of hydrogen-bond donors (Lipinski definition) is 1. The molecule has 3 aromatic carbocycles. The number of aromatic nitrogens is 1. The van der Waals surface area contributed by atoms with E-state index in [2.05, 4.69) is 26.8 Å². The highest BCUT2D eigenvalue weighted by Gasteiger charge is 2.22. The second-order valence-corrected chi connectivity index (χ2v) is 11.9. The number of allylic oxidation sites excluding steroid dienone is 1. The average molecular weight is 590 g/mol. The monoisotopic (exact) mass is 589 g/mol. The number of nitrogens with one attached hydrogen (secondary N) is 1. The van der Waals surface area contributed by atoms with Gasteiger partial charge in [-0.25, -0.2) is 13.1 Å². The molecule has 1 fully saturated rings. The van der Waals surface area contributed by atoms with Crippen molar-refractivity contribution < 1.29 is 27.4 Å². The third-order valence-electron chi connectivity index (χ3n) is 7.60. The topological polar surface area (TPSA) is 99.1 Å². The number of aryl methyl sites for hydroxylation is 1. The molecule has 5 rings (SSSR count). The van der Waals surface area contributed by atoms with Crippen LogP contribution < -0.4 is 14.2 Å². The Morgan fingerprint density at radius 3 is 2.33 bits per heavy atom. The second kappa shape index (κ2) is 12.5. The maximum atomic E-state index is 13.6. The number of carbonyl (C=O) groups is 1. The summed E-state index contributed by atoms with van der Waals surface area (Å²) in [5.41, 5.74) is 3.81. The molecule has 0 radical (unpaired) electrons. The summed E-state index contributed by atoms with van der Waals surface area (Å²) in [7, 11) is 1.37. The van der Waals surface area contributed by atoms with Gasteiger partial charge in [-0.2, -0.15) is 0 Å². The summed E-state index contributed by atoms with van der Waals surface area (Å²) in [5.74, 6) is 0.694. The van der Waals surface area contributed by atoms with E-state index in [4.69, 9.17) is 14.2 Å². The third-order valence-corrected chi connectivity index (χ3v) is 9.08. The van der Waals surface area contributed by atoms with Crippen LogP contribution >= 0.6 is 0 Å². The Morgan fingerprint density at radius 2 is 1.67 bits per heavy atom. The van der Waals surface area contributed by atoms with Crippen LogP contribution in [0.5, 0.6) is 11.5 Å². The Bertz CT molecular complexity index is 1720. The van der Waals surface area contributed by atoms with Gasteiger partial charge in [0.2, 0.25) is 10.0 Å². The molecule has 0 spiro atoms. The van der Waals surface area contributed by atoms with Crippen LogP contribution in [0.15, 0.2) is 78.2 Å². The van der Waals surface area contributed by atoms with Crippen LogP contribution in [-0.4, -0.2) is 77.3 Å². The fraction of sp³-hybridized carbons (Fsp3) is 0.281. The molecule has 0 atom stereocenters. The molecule has 220 valence electrons. The molecule has 4 aromatic rings. The Labute approximate surface area is 246 Å². The number of morpholine rings is 1. The van der Waals surface area contributed by atoms with E-state index in [1.165, 1.54) is 31.4 Å². The first-order chi connectivity index (χ1) is 20.2. The highest BCUT2D eigenvalue weighted by Crippen LogP contribution is 2.40. The van der Waals surface area contributed by atoms with Gasteiger partial charge in [-0.05, 0) is 42.5 Å². The minimum atomic E-state index is -3.72. The van der Waals surface area contributed by atoms with Gasteiger partial charge in [-0.3, -0.25) is 9.69 Å². The lowest BCUT2D eigenvalue weighted by Crippen LogP contribution is -2.41. The predicted octanol–water partition coefficient (Wildman–Crippen LogP) is 4.37. The van der Waals surface area contributed by atoms with E-state index in [1.54, 1.807) is 13.2 Å². The van der Waals surface area contributed by atoms with Crippen LogP contribution in [0.3, 0.4) is 0 Å². The molecule has 0 saturated carbocycles. The number of carbonyl (C=O) groups excluding carboxylic acids is 1. The second-order valence-electron chi connectivity index (χ2n) is 10.1. The van der Waals surface area contributed by atoms with Gasteiger partial charge in [0.1, 0.15) is 11.5 Å². The summed E-state index contributed by atoms with van der Waals surface area (Å²) in [6, 6.07) is 19.6. The highest BCUT2D eigenvalue weighted by molar-refractivity contribution is 7.89. The van der Waals surface area contributed by atoms with E-state index < -0.39 is 10.0 Å². The number of benzene rings is 3. The molecule has 42 heavy (non-hydrogen) atoms. The van der Waals surface area contributed by atoms with Gasteiger partial charge in [0, 0.05) is 72.5 Å². The van der Waals surface area contributed by atoms with Gasteiger partial charge in [0.25, 0.3) is 0 Å². The number of Topliss-reactive ketones (excluding diaryl/α,β-unsaturated/α-hetero) is 1. The van der Waals surface area contributed by atoms with Gasteiger partial charge < -0.3 is 18.8 Å². The van der Waals surface area contributed by atoms with Crippen molar-refractivity contribution >= 4 is 32.3 Å². The van der Waals surface area contributed by atoms with Crippen molar-refractivity contribution in [1.82, 2.24) is 14.2 Å². The van der Waals surface area contributed by atoms with E-state index in [0.29, 0.717) is 42.4 Å². The van der Waals surface area contributed by atoms with Crippen LogP contribution in [0.1, 0.15) is 15.9 Å². The zero-order valence-electron chi connectivity index (χ0n) is 24.1. The predicted molar refractivity (Wildman–Crippen MR) is 164 cm³/mol. The first-order valence-electron chi connectivity index (χ1n) is 13.7. The number of ketones is 1. The van der Waals surface area contributed by atoms with Crippen molar-refractivity contribution in [2.24, 2.45) is 7.05 Å². The first kappa shape index (κ1) is 29.5. The Morgan fingerprint density at radius 1 is 0.976 bits per heavy atom. The normalized spacial score (nSPS) is 14.2. The summed E-state index contributed by atoms with van der Waals surface area (Å²) >= 11 is 0. The Hall–Kier alpha value is -3.96. The standard InChI is InChI=1S/C32H35N3O6S/c1-22(32(36)23-9-11-25(12-10-23)42(37,38)33-13-14-35-15-17-41-18-16-35)26-20-27(31(40-4)21-30(26)39-3)29-19-24-7-5-6-8-28(24)34(29)2/h5-12,19-21,33H,1,13-18H2,2-4H3. The maximum Gasteiger partial charge on any atom is 0.240 e. The number of para-hydroxylation sites is 1. The number of fused-ring (bicyclic) bond motifs is 1. The lowest BCUT2D eigenvalue weighted by molar-refractivity contribution is 0.0390. The highest BCUT2D eigenvalue weighted by atomic mass is 32.2. The van der Waals surface area contributed by atoms with Crippen LogP contribution in [0.4, 0.5) is 0 Å². The molecule has 1 N–H and O–H groups in total. The minimum Gasteiger partial charge on any atom is -0.496 e. The molecule has 0 bridgehead atoms. The first-order valence-corrected chi connectivity index (χ1v) is 15.2. The number of ether oxygens (including phenoxy) is 3. The molecule has 10 heteroatoms. The number of hydrogen-bond acceptors (Lipinski definition) is 7. The van der Waals surface area contributed by atoms with Crippen molar-refractivity contribution in [3.8, 4) is 22.8 Å². The summed E-state index contributed by atoms with van der Waals surface area (Å²) in [4.78, 5) is 15.8. The van der Waals surface area contributed by atoms with Crippen molar-refractivity contribution in [3.63, 3.8) is 0 Å². The molecule has 0 aliphatic carbocycles. The van der Waals surface area contributed by atoms with E-state index >= 15 is 0 Å². The van der Waals surface area contributed by atoms with Crippen molar-refractivity contribution in [1.29, 1.82) is 0 Å². The van der Waals surface area contributed by atoms with E-state index in [1.807, 2.05) is 37.4 Å². The van der Waals surface area contributed by atoms with E-state index in [9.17, 15) is 13.2 Å². The number of methoxy groups -OCH3 is 2. The van der Waals surface area contributed by atoms with Gasteiger partial charge in [0.05, 0.1) is 38.0 Å². The fourth-order valence-corrected chi connectivity index (χ4v) is 6.23. The molecule has 1 aromatic heterocycles. The van der Waals surface area contributed by atoms with Gasteiger partial charge in [-0.1, -0.05) is 24.8 Å². The Balaban J connectivity index is 1.38. The summed E-state index contributed by atoms with van der Waals surface area (Å²) < 4.78 is 47.0. The minimum absolute atomic E-state index is 0.0896. The molecular formula is C32H35N3O6S. The number of nitrogens with zero attached hydrogens (tertiary/aromatic N) is 2. The van der Waals surface area contributed by atoms with Crippen LogP contribution in [0.2, 0.25) is 0 Å². The molecule has 2 heterocycles. The molecule has 9 nitrogen and oxygen atoms in total. The molecule has 0 unspecified atom stereocenters. The molecule has 1 saturated heterocycles. The SMILES string of the molecule is C=C(C(=O)c1ccc(S(=O)(=O)NCCN2CCOCC2)cc1)c1cc(-c2cc3ccccc3n2C)c(OC)cc1OC. The van der Waals surface area contributed by atoms with E-state index in [0.717, 1.165) is 35.2 Å². The lowest BCUT2D eigenvalue weighted by Gasteiger charge is -2.26. The van der Waals surface area contributed by atoms with Gasteiger partial charge >= 0.3 is 0 Å². The van der Waals surface area contributed by atoms with Crippen molar-refractivity contribution in [2.75, 3.05) is 53.6 Å². The maximum absolute atomic E-state index is 13.6. The molecular weight excluding hydrogens is 554 g/mol. The van der Waals surface area contributed by atoms with Crippen molar-refractivity contribution in [2.45, 2.75) is 4.90 Å². The van der Waals surface area contributed by atoms with Crippen LogP contribution in [0, 0.1) is 0 Å². The van der Waals surface area contributed by atoms with Crippen LogP contribution in [0.25, 0.3) is 27.7 Å². The number of sulfonamides is 1. The zero-order valence-corrected chi connectivity index (χ0v) is 24.9. The molecule has 1 aliphatic heterocycles.